The quantitative estimate of drug-likeness (QED) is 0.308. The molecule has 5 N–H and O–H groups in total. The molecule has 0 aliphatic heterocycles. The van der Waals surface area contributed by atoms with Gasteiger partial charge < -0.3 is 15.0 Å². The fourth-order valence-corrected chi connectivity index (χ4v) is 1.39. The molecular formula is C15H15N3O4. The predicted octanol–water partition coefficient (Wildman–Crippen LogP) is -1.35. The van der Waals surface area contributed by atoms with Crippen molar-refractivity contribution in [2.75, 3.05) is 5.32 Å². The third-order valence-corrected chi connectivity index (χ3v) is 2.28. The van der Waals surface area contributed by atoms with Crippen LogP contribution in [0.3, 0.4) is 0 Å². The minimum absolute atomic E-state index is 0.511. The lowest BCUT2D eigenvalue weighted by atomic mass is 10.3. The third-order valence-electron chi connectivity index (χ3n) is 2.28. The number of carboxylic acid groups (broad SMARTS) is 2. The second-order valence-corrected chi connectivity index (χ2v) is 3.99. The molecule has 0 amide bonds. The SMILES string of the molecule is NC(Nc1ccccc1)=[NH+]c1ccccc1.O=C([O-])C(=O)O. The monoisotopic (exact) mass is 301 g/mol. The Morgan fingerprint density at radius 1 is 1.00 bits per heavy atom. The van der Waals surface area contributed by atoms with E-state index in [2.05, 4.69) is 10.3 Å². The van der Waals surface area contributed by atoms with Gasteiger partial charge in [0.15, 0.2) is 5.97 Å². The van der Waals surface area contributed by atoms with Crippen LogP contribution in [0.5, 0.6) is 0 Å². The van der Waals surface area contributed by atoms with Crippen molar-refractivity contribution in [1.29, 1.82) is 0 Å². The average Bonchev–Trinajstić information content (AvgIpc) is 2.49. The van der Waals surface area contributed by atoms with Crippen LogP contribution in [-0.4, -0.2) is 23.0 Å². The molecule has 2 aromatic carbocycles. The number of carbonyl (C=O) groups excluding carboxylic acids is 1. The molecule has 0 aliphatic carbocycles. The molecule has 0 aliphatic rings. The van der Waals surface area contributed by atoms with Crippen LogP contribution in [0.25, 0.3) is 0 Å². The number of anilines is 1. The Morgan fingerprint density at radius 3 is 1.91 bits per heavy atom. The fraction of sp³-hybridized carbons (Fsp3) is 0. The molecule has 0 aromatic heterocycles. The topological polar surface area (TPSA) is 129 Å². The number of nitrogens with two attached hydrogens (primary N) is 1. The number of nitrogens with one attached hydrogen (secondary N) is 2. The summed E-state index contributed by atoms with van der Waals surface area (Å²) in [5.74, 6) is -3.50. The number of carboxylic acids is 2. The average molecular weight is 301 g/mol. The molecule has 0 heterocycles. The molecule has 114 valence electrons. The van der Waals surface area contributed by atoms with Crippen LogP contribution < -0.4 is 21.1 Å². The molecule has 0 spiro atoms. The maximum atomic E-state index is 9.04. The summed E-state index contributed by atoms with van der Waals surface area (Å²) in [6.07, 6.45) is 0. The smallest absolute Gasteiger partial charge is 0.351 e. The molecule has 0 radical (unpaired) electrons. The molecule has 0 saturated carbocycles. The van der Waals surface area contributed by atoms with Crippen LogP contribution in [0.1, 0.15) is 0 Å². The van der Waals surface area contributed by atoms with Crippen LogP contribution in [0.4, 0.5) is 11.4 Å². The van der Waals surface area contributed by atoms with Crippen LogP contribution in [-0.2, 0) is 9.59 Å². The lowest BCUT2D eigenvalue weighted by Gasteiger charge is -1.98. The molecule has 2 aromatic rings. The van der Waals surface area contributed by atoms with Crippen molar-refractivity contribution in [2.24, 2.45) is 5.73 Å². The molecule has 0 bridgehead atoms. The zero-order valence-electron chi connectivity index (χ0n) is 11.5. The van der Waals surface area contributed by atoms with Crippen LogP contribution in [0, 0.1) is 0 Å². The zero-order chi connectivity index (χ0) is 16.4. The largest absolute Gasteiger partial charge is 0.539 e. The summed E-state index contributed by atoms with van der Waals surface area (Å²) in [7, 11) is 0. The van der Waals surface area contributed by atoms with Gasteiger partial charge in [-0.15, -0.1) is 0 Å². The maximum absolute atomic E-state index is 9.04. The van der Waals surface area contributed by atoms with Crippen molar-refractivity contribution in [3.63, 3.8) is 0 Å². The Bertz CT molecular complexity index is 630. The van der Waals surface area contributed by atoms with Crippen molar-refractivity contribution in [3.8, 4) is 0 Å². The first kappa shape index (κ1) is 16.7. The van der Waals surface area contributed by atoms with Gasteiger partial charge in [0.1, 0.15) is 0 Å². The molecule has 0 unspecified atom stereocenters. The van der Waals surface area contributed by atoms with E-state index in [4.69, 9.17) is 25.5 Å². The third kappa shape index (κ3) is 6.71. The number of rotatable bonds is 2. The number of guanidine groups is 1. The summed E-state index contributed by atoms with van der Waals surface area (Å²) in [4.78, 5) is 21.1. The van der Waals surface area contributed by atoms with Gasteiger partial charge in [0.05, 0.1) is 11.4 Å². The van der Waals surface area contributed by atoms with Crippen molar-refractivity contribution >= 4 is 29.3 Å². The van der Waals surface area contributed by atoms with E-state index in [0.29, 0.717) is 5.96 Å². The van der Waals surface area contributed by atoms with Crippen molar-refractivity contribution in [3.05, 3.63) is 60.7 Å². The van der Waals surface area contributed by atoms with E-state index < -0.39 is 11.9 Å². The van der Waals surface area contributed by atoms with Crippen LogP contribution in [0.2, 0.25) is 0 Å². The zero-order valence-corrected chi connectivity index (χ0v) is 11.5. The second-order valence-electron chi connectivity index (χ2n) is 3.99. The molecule has 22 heavy (non-hydrogen) atoms. The highest BCUT2D eigenvalue weighted by molar-refractivity contribution is 6.26. The molecule has 0 fully saturated rings. The molecule has 7 nitrogen and oxygen atoms in total. The van der Waals surface area contributed by atoms with Gasteiger partial charge in [-0.2, -0.15) is 0 Å². The molecule has 2 rings (SSSR count). The van der Waals surface area contributed by atoms with Gasteiger partial charge in [-0.1, -0.05) is 36.4 Å². The molecule has 0 atom stereocenters. The highest BCUT2D eigenvalue weighted by Crippen LogP contribution is 2.03. The molecule has 0 saturated heterocycles. The summed E-state index contributed by atoms with van der Waals surface area (Å²) in [5.41, 5.74) is 7.76. The predicted molar refractivity (Wildman–Crippen MR) is 79.0 cm³/mol. The standard InChI is InChI=1S/C13H13N3.C2H2O4/c14-13(15-11-7-3-1-4-8-11)16-12-9-5-2-6-10-12;3-1(4)2(5)6/h1-10H,(H3,14,15,16);(H,3,4)(H,5,6). The lowest BCUT2D eigenvalue weighted by Crippen LogP contribution is -2.71. The normalized spacial score (nSPS) is 10.1. The van der Waals surface area contributed by atoms with Gasteiger partial charge in [-0.25, -0.2) is 15.1 Å². The maximum Gasteiger partial charge on any atom is 0.351 e. The summed E-state index contributed by atoms with van der Waals surface area (Å²) in [5, 5.41) is 19.4. The van der Waals surface area contributed by atoms with Crippen molar-refractivity contribution in [1.82, 2.24) is 0 Å². The highest BCUT2D eigenvalue weighted by atomic mass is 16.4. The van der Waals surface area contributed by atoms with E-state index in [1.54, 1.807) is 0 Å². The van der Waals surface area contributed by atoms with Crippen LogP contribution in [0.15, 0.2) is 60.7 Å². The van der Waals surface area contributed by atoms with Crippen molar-refractivity contribution in [2.45, 2.75) is 0 Å². The van der Waals surface area contributed by atoms with E-state index in [0.717, 1.165) is 11.4 Å². The Hall–Kier alpha value is -3.35. The first-order valence-corrected chi connectivity index (χ1v) is 6.20. The Morgan fingerprint density at radius 2 is 1.45 bits per heavy atom. The number of para-hydroxylation sites is 2. The number of aliphatic carboxylic acids is 2. The van der Waals surface area contributed by atoms with E-state index >= 15 is 0 Å². The summed E-state index contributed by atoms with van der Waals surface area (Å²) >= 11 is 0. The summed E-state index contributed by atoms with van der Waals surface area (Å²) in [6, 6.07) is 19.6. The number of benzene rings is 2. The first-order chi connectivity index (χ1) is 10.5. The number of hydrogen-bond donors (Lipinski definition) is 4. The van der Waals surface area contributed by atoms with Gasteiger partial charge >= 0.3 is 11.9 Å². The van der Waals surface area contributed by atoms with Crippen LogP contribution >= 0.6 is 0 Å². The minimum Gasteiger partial charge on any atom is -0.539 e. The van der Waals surface area contributed by atoms with E-state index in [9.17, 15) is 0 Å². The van der Waals surface area contributed by atoms with Crippen molar-refractivity contribution < 1.29 is 24.8 Å². The number of hydrogen-bond acceptors (Lipinski definition) is 3. The van der Waals surface area contributed by atoms with Gasteiger partial charge in [-0.3, -0.25) is 5.73 Å². The van der Waals surface area contributed by atoms with Gasteiger partial charge in [-0.05, 0) is 24.3 Å². The van der Waals surface area contributed by atoms with Gasteiger partial charge in [0, 0.05) is 0 Å². The second kappa shape index (κ2) is 8.75. The van der Waals surface area contributed by atoms with E-state index in [1.165, 1.54) is 0 Å². The summed E-state index contributed by atoms with van der Waals surface area (Å²) in [6.45, 7) is 0. The van der Waals surface area contributed by atoms with E-state index in [-0.39, 0.29) is 0 Å². The summed E-state index contributed by atoms with van der Waals surface area (Å²) < 4.78 is 0. The van der Waals surface area contributed by atoms with Gasteiger partial charge in [0.25, 0.3) is 0 Å². The minimum atomic E-state index is -2.07. The lowest BCUT2D eigenvalue weighted by molar-refractivity contribution is -0.354. The Balaban J connectivity index is 0.000000346. The number of carbonyl (C=O) groups is 2. The van der Waals surface area contributed by atoms with Gasteiger partial charge in [0.2, 0.25) is 0 Å². The van der Waals surface area contributed by atoms with E-state index in [1.807, 2.05) is 60.7 Å². The molecular weight excluding hydrogens is 286 g/mol. The Labute approximate surface area is 126 Å². The molecule has 7 heteroatoms. The first-order valence-electron chi connectivity index (χ1n) is 6.20. The fourth-order valence-electron chi connectivity index (χ4n) is 1.39. The highest BCUT2D eigenvalue weighted by Gasteiger charge is 2.00. The Kier molecular flexibility index (Phi) is 6.64.